The second kappa shape index (κ2) is 5.69. The molecule has 1 aromatic carbocycles. The van der Waals surface area contributed by atoms with E-state index >= 15 is 0 Å². The summed E-state index contributed by atoms with van der Waals surface area (Å²) in [7, 11) is 0. The monoisotopic (exact) mass is 274 g/mol. The molecule has 0 fully saturated rings. The van der Waals surface area contributed by atoms with Gasteiger partial charge in [-0.3, -0.25) is 0 Å². The van der Waals surface area contributed by atoms with Gasteiger partial charge in [-0.25, -0.2) is 4.99 Å². The summed E-state index contributed by atoms with van der Waals surface area (Å²) in [5.41, 5.74) is 5.84. The van der Waals surface area contributed by atoms with Gasteiger partial charge in [-0.05, 0) is 17.7 Å². The van der Waals surface area contributed by atoms with E-state index in [0.717, 1.165) is 10.0 Å². The minimum atomic E-state index is -0.186. The lowest BCUT2D eigenvalue weighted by molar-refractivity contribution is 1.27. The van der Waals surface area contributed by atoms with Gasteiger partial charge in [0, 0.05) is 10.7 Å². The van der Waals surface area contributed by atoms with Crippen LogP contribution in [0.15, 0.2) is 45.1 Å². The summed E-state index contributed by atoms with van der Waals surface area (Å²) in [6.45, 7) is 0. The van der Waals surface area contributed by atoms with Gasteiger partial charge in [-0.15, -0.1) is 0 Å². The standard InChI is InChI=1S/C11H7BrN4/c12-9-3-1-2-8(4-9)7-16-11(6-14)10(15)5-13/h1-4,7H,15H2/b11-10+,16-7+. The molecular formula is C11H7BrN4. The molecule has 4 nitrogen and oxygen atoms in total. The van der Waals surface area contributed by atoms with Gasteiger partial charge >= 0.3 is 0 Å². The number of halogens is 1. The Morgan fingerprint density at radius 2 is 2.12 bits per heavy atom. The lowest BCUT2D eigenvalue weighted by Crippen LogP contribution is -1.97. The third-order valence-corrected chi connectivity index (χ3v) is 2.17. The lowest BCUT2D eigenvalue weighted by atomic mass is 10.2. The number of benzene rings is 1. The summed E-state index contributed by atoms with van der Waals surface area (Å²) in [5.74, 6) is 0. The predicted octanol–water partition coefficient (Wildman–Crippen LogP) is 2.09. The zero-order chi connectivity index (χ0) is 12.0. The molecule has 0 saturated carbocycles. The average molecular weight is 275 g/mol. The Labute approximate surface area is 101 Å². The van der Waals surface area contributed by atoms with E-state index in [1.165, 1.54) is 6.21 Å². The molecule has 1 aromatic rings. The number of rotatable bonds is 2. The second-order valence-electron chi connectivity index (χ2n) is 2.80. The van der Waals surface area contributed by atoms with Crippen molar-refractivity contribution in [2.24, 2.45) is 10.7 Å². The Kier molecular flexibility index (Phi) is 4.26. The molecule has 0 aliphatic heterocycles. The van der Waals surface area contributed by atoms with Gasteiger partial charge in [-0.1, -0.05) is 28.1 Å². The van der Waals surface area contributed by atoms with E-state index < -0.39 is 0 Å². The molecule has 0 aromatic heterocycles. The molecule has 0 unspecified atom stereocenters. The molecule has 0 spiro atoms. The quantitative estimate of drug-likeness (QED) is 0.662. The highest BCUT2D eigenvalue weighted by Crippen LogP contribution is 2.10. The van der Waals surface area contributed by atoms with Gasteiger partial charge in [0.05, 0.1) is 0 Å². The van der Waals surface area contributed by atoms with Crippen LogP contribution in [0.1, 0.15) is 5.56 Å². The van der Waals surface area contributed by atoms with Gasteiger partial charge in [0.25, 0.3) is 0 Å². The molecule has 2 N–H and O–H groups in total. The van der Waals surface area contributed by atoms with E-state index in [9.17, 15) is 0 Å². The molecule has 0 bridgehead atoms. The number of nitrogens with two attached hydrogens (primary N) is 1. The van der Waals surface area contributed by atoms with Gasteiger partial charge in [0.1, 0.15) is 17.8 Å². The van der Waals surface area contributed by atoms with Crippen molar-refractivity contribution in [1.29, 1.82) is 10.5 Å². The Morgan fingerprint density at radius 3 is 2.69 bits per heavy atom. The summed E-state index contributed by atoms with van der Waals surface area (Å²) in [4.78, 5) is 3.85. The van der Waals surface area contributed by atoms with Gasteiger partial charge in [-0.2, -0.15) is 10.5 Å². The summed E-state index contributed by atoms with van der Waals surface area (Å²) in [5, 5.41) is 17.2. The number of aliphatic imine (C=N–C) groups is 1. The number of nitriles is 2. The maximum atomic E-state index is 8.70. The van der Waals surface area contributed by atoms with E-state index in [2.05, 4.69) is 20.9 Å². The molecule has 0 radical (unpaired) electrons. The largest absolute Gasteiger partial charge is 0.388 e. The van der Waals surface area contributed by atoms with E-state index in [4.69, 9.17) is 16.3 Å². The van der Waals surface area contributed by atoms with E-state index in [1.807, 2.05) is 24.3 Å². The van der Waals surface area contributed by atoms with Crippen LogP contribution in [0.25, 0.3) is 0 Å². The van der Waals surface area contributed by atoms with Crippen molar-refractivity contribution in [2.75, 3.05) is 0 Å². The van der Waals surface area contributed by atoms with Crippen molar-refractivity contribution in [3.05, 3.63) is 45.7 Å². The zero-order valence-corrected chi connectivity index (χ0v) is 9.77. The van der Waals surface area contributed by atoms with Crippen LogP contribution >= 0.6 is 15.9 Å². The zero-order valence-electron chi connectivity index (χ0n) is 8.18. The highest BCUT2D eigenvalue weighted by atomic mass is 79.9. The van der Waals surface area contributed by atoms with Crippen molar-refractivity contribution in [1.82, 2.24) is 0 Å². The molecule has 5 heteroatoms. The Bertz CT molecular complexity index is 532. The summed E-state index contributed by atoms with van der Waals surface area (Å²) < 4.78 is 0.909. The molecular weight excluding hydrogens is 268 g/mol. The van der Waals surface area contributed by atoms with Gasteiger partial charge in [0.15, 0.2) is 5.70 Å². The smallest absolute Gasteiger partial charge is 0.174 e. The van der Waals surface area contributed by atoms with E-state index in [0.29, 0.717) is 0 Å². The summed E-state index contributed by atoms with van der Waals surface area (Å²) in [6.07, 6.45) is 1.48. The van der Waals surface area contributed by atoms with Crippen molar-refractivity contribution >= 4 is 22.1 Å². The minimum absolute atomic E-state index is 0.0810. The Hall–Kier alpha value is -2.11. The maximum Gasteiger partial charge on any atom is 0.174 e. The molecule has 0 heterocycles. The normalized spacial score (nSPS) is 11.7. The first kappa shape index (κ1) is 12.0. The third kappa shape index (κ3) is 3.23. The van der Waals surface area contributed by atoms with Crippen LogP contribution in [0, 0.1) is 22.7 Å². The molecule has 0 amide bonds. The SMILES string of the molecule is N#C/C(N)=C(C#N)\N=C\c1cccc(Br)c1. The lowest BCUT2D eigenvalue weighted by Gasteiger charge is -1.94. The maximum absolute atomic E-state index is 8.70. The minimum Gasteiger partial charge on any atom is -0.388 e. The van der Waals surface area contributed by atoms with Crippen LogP contribution in [0.3, 0.4) is 0 Å². The van der Waals surface area contributed by atoms with Gasteiger partial charge in [0.2, 0.25) is 0 Å². The van der Waals surface area contributed by atoms with E-state index in [1.54, 1.807) is 12.1 Å². The molecule has 1 rings (SSSR count). The first-order chi connectivity index (χ1) is 7.67. The van der Waals surface area contributed by atoms with Crippen LogP contribution in [0.2, 0.25) is 0 Å². The van der Waals surface area contributed by atoms with Crippen molar-refractivity contribution in [3.63, 3.8) is 0 Å². The van der Waals surface area contributed by atoms with Crippen LogP contribution < -0.4 is 5.73 Å². The van der Waals surface area contributed by atoms with E-state index in [-0.39, 0.29) is 11.4 Å². The highest BCUT2D eigenvalue weighted by molar-refractivity contribution is 9.10. The Balaban J connectivity index is 2.99. The first-order valence-corrected chi connectivity index (χ1v) is 5.06. The molecule has 0 aliphatic rings. The molecule has 78 valence electrons. The van der Waals surface area contributed by atoms with Crippen molar-refractivity contribution in [2.45, 2.75) is 0 Å². The molecule has 16 heavy (non-hydrogen) atoms. The van der Waals surface area contributed by atoms with Crippen molar-refractivity contribution < 1.29 is 0 Å². The summed E-state index contributed by atoms with van der Waals surface area (Å²) >= 11 is 3.31. The van der Waals surface area contributed by atoms with Crippen LogP contribution in [-0.4, -0.2) is 6.21 Å². The fourth-order valence-electron chi connectivity index (χ4n) is 0.938. The van der Waals surface area contributed by atoms with Gasteiger partial charge < -0.3 is 5.73 Å². The number of nitrogens with zero attached hydrogens (tertiary/aromatic N) is 3. The highest BCUT2D eigenvalue weighted by Gasteiger charge is 1.98. The summed E-state index contributed by atoms with van der Waals surface area (Å²) in [6, 6.07) is 10.8. The second-order valence-corrected chi connectivity index (χ2v) is 3.71. The van der Waals surface area contributed by atoms with Crippen LogP contribution in [0.4, 0.5) is 0 Å². The fourth-order valence-corrected chi connectivity index (χ4v) is 1.35. The molecule has 0 aliphatic carbocycles. The van der Waals surface area contributed by atoms with Crippen molar-refractivity contribution in [3.8, 4) is 12.1 Å². The third-order valence-electron chi connectivity index (χ3n) is 1.67. The van der Waals surface area contributed by atoms with Crippen LogP contribution in [0.5, 0.6) is 0 Å². The first-order valence-electron chi connectivity index (χ1n) is 4.27. The Morgan fingerprint density at radius 1 is 1.38 bits per heavy atom. The fraction of sp³-hybridized carbons (Fsp3) is 0. The topological polar surface area (TPSA) is 86.0 Å². The number of hydrogen-bond donors (Lipinski definition) is 1. The predicted molar refractivity (Wildman–Crippen MR) is 64.2 cm³/mol. The molecule has 0 atom stereocenters. The number of hydrogen-bond acceptors (Lipinski definition) is 4. The average Bonchev–Trinajstić information content (AvgIpc) is 2.29. The van der Waals surface area contributed by atoms with Crippen LogP contribution in [-0.2, 0) is 0 Å². The number of allylic oxidation sites excluding steroid dienone is 2. The molecule has 0 saturated heterocycles.